The van der Waals surface area contributed by atoms with Crippen LogP contribution in [0.1, 0.15) is 11.1 Å². The Morgan fingerprint density at radius 1 is 1.46 bits per heavy atom. The molecule has 2 rings (SSSR count). The second kappa shape index (κ2) is 4.95. The molecule has 3 nitrogen and oxygen atoms in total. The molecule has 0 saturated carbocycles. The van der Waals surface area contributed by atoms with Crippen molar-refractivity contribution in [1.82, 2.24) is 5.32 Å². The van der Waals surface area contributed by atoms with Gasteiger partial charge in [0.2, 0.25) is 0 Å². The zero-order valence-corrected chi connectivity index (χ0v) is 8.30. The van der Waals surface area contributed by atoms with Crippen molar-refractivity contribution in [3.63, 3.8) is 0 Å². The fraction of sp³-hybridized carbons (Fsp3) is 0.333. The molecule has 1 heterocycles. The number of benzene rings is 1. The number of aryl methyl sites for hydroxylation is 1. The van der Waals surface area contributed by atoms with E-state index in [4.69, 9.17) is 9.30 Å². The molecule has 1 aliphatic rings. The molecule has 0 spiro atoms. The van der Waals surface area contributed by atoms with E-state index < -0.39 is 0 Å². The molecule has 1 aromatic carbocycles. The summed E-state index contributed by atoms with van der Waals surface area (Å²) >= 11 is 0. The Kier molecular flexibility index (Phi) is 3.87. The van der Waals surface area contributed by atoms with Gasteiger partial charge >= 0.3 is 0 Å². The predicted octanol–water partition coefficient (Wildman–Crippen LogP) is 2.18. The van der Waals surface area contributed by atoms with Crippen molar-refractivity contribution in [3.8, 4) is 5.75 Å². The summed E-state index contributed by atoms with van der Waals surface area (Å²) in [5, 5.41) is 3.15. The Hall–Kier alpha value is -0.920. The van der Waals surface area contributed by atoms with E-state index in [0.717, 1.165) is 12.3 Å². The topological polar surface area (TPSA) is 38.3 Å². The number of fused-ring (bicyclic) bond motifs is 1. The average molecular weight is 196 g/mol. The maximum Gasteiger partial charge on any atom is 0.261 e. The zero-order valence-electron chi connectivity index (χ0n) is 7.41. The van der Waals surface area contributed by atoms with Crippen LogP contribution in [0.3, 0.4) is 0 Å². The van der Waals surface area contributed by atoms with Gasteiger partial charge < -0.3 is 4.74 Å². The van der Waals surface area contributed by atoms with Crippen LogP contribution in [0.25, 0.3) is 0 Å². The third-order valence-electron chi connectivity index (χ3n) is 1.86. The lowest BCUT2D eigenvalue weighted by atomic mass is 10.1. The van der Waals surface area contributed by atoms with E-state index in [1.165, 1.54) is 11.1 Å². The Bertz CT molecular complexity index is 291. The highest BCUT2D eigenvalue weighted by Crippen LogP contribution is 2.21. The minimum atomic E-state index is 0.635. The predicted molar refractivity (Wildman–Crippen MR) is 51.1 cm³/mol. The molecule has 13 heavy (non-hydrogen) atoms. The van der Waals surface area contributed by atoms with Crippen molar-refractivity contribution < 1.29 is 9.30 Å². The van der Waals surface area contributed by atoms with Crippen LogP contribution in [0.4, 0.5) is 0 Å². The molecule has 0 aromatic heterocycles. The second-order valence-electron chi connectivity index (χ2n) is 2.83. The highest BCUT2D eigenvalue weighted by atomic mass is 31.0. The summed E-state index contributed by atoms with van der Waals surface area (Å²) in [5.41, 5.74) is 2.55. The molecule has 0 atom stereocenters. The van der Waals surface area contributed by atoms with Gasteiger partial charge in [0.25, 0.3) is 9.12 Å². The summed E-state index contributed by atoms with van der Waals surface area (Å²) in [6.07, 6.45) is 0. The minimum Gasteiger partial charge on any atom is -0.478 e. The van der Waals surface area contributed by atoms with Gasteiger partial charge in [0, 0.05) is 12.1 Å². The minimum absolute atomic E-state index is 0.635. The van der Waals surface area contributed by atoms with E-state index in [-0.39, 0.29) is 0 Å². The summed E-state index contributed by atoms with van der Waals surface area (Å²) in [4.78, 5) is 0. The lowest BCUT2D eigenvalue weighted by Gasteiger charge is -2.18. The van der Waals surface area contributed by atoms with E-state index >= 15 is 0 Å². The fourth-order valence-electron chi connectivity index (χ4n) is 1.30. The molecule has 69 valence electrons. The third-order valence-corrected chi connectivity index (χ3v) is 1.86. The van der Waals surface area contributed by atoms with Crippen LogP contribution >= 0.6 is 9.12 Å². The number of hydrogen-bond acceptors (Lipinski definition) is 3. The van der Waals surface area contributed by atoms with Gasteiger partial charge in [-0.1, -0.05) is 17.7 Å². The molecule has 0 amide bonds. The summed E-state index contributed by atoms with van der Waals surface area (Å²) in [6, 6.07) is 6.26. The van der Waals surface area contributed by atoms with Crippen LogP contribution in [0, 0.1) is 6.92 Å². The molecule has 1 aliphatic heterocycles. The van der Waals surface area contributed by atoms with Crippen LogP contribution in [0.2, 0.25) is 0 Å². The van der Waals surface area contributed by atoms with Crippen molar-refractivity contribution in [2.75, 3.05) is 6.73 Å². The van der Waals surface area contributed by atoms with E-state index in [9.17, 15) is 0 Å². The Balaban J connectivity index is 0.000000396. The fourth-order valence-corrected chi connectivity index (χ4v) is 1.30. The van der Waals surface area contributed by atoms with Gasteiger partial charge in [0.1, 0.15) is 12.5 Å². The number of nitrogens with one attached hydrogen (secondary N) is 1. The maximum atomic E-state index is 7.94. The van der Waals surface area contributed by atoms with Crippen molar-refractivity contribution in [2.24, 2.45) is 0 Å². The zero-order chi connectivity index (χ0) is 9.68. The monoisotopic (exact) mass is 196 g/mol. The second-order valence-corrected chi connectivity index (χ2v) is 2.83. The molecule has 4 heteroatoms. The first-order valence-corrected chi connectivity index (χ1v) is 4.34. The lowest BCUT2D eigenvalue weighted by Crippen LogP contribution is -2.25. The standard InChI is InChI=1S/C9H11NO.OP/c1-7-2-3-9-8(4-7)5-10-6-11-9;1-2/h2-4,10H,5-6H2,1H3;. The SMILES string of the molecule is Cc1ccc2c(c1)CNCO2.O=[P]. The number of rotatable bonds is 0. The number of ether oxygens (including phenoxy) is 1. The first-order chi connectivity index (χ1) is 6.36. The van der Waals surface area contributed by atoms with Crippen LogP contribution in [0.15, 0.2) is 18.2 Å². The van der Waals surface area contributed by atoms with Crippen molar-refractivity contribution >= 4 is 9.12 Å². The van der Waals surface area contributed by atoms with Crippen molar-refractivity contribution in [1.29, 1.82) is 0 Å². The van der Waals surface area contributed by atoms with Crippen LogP contribution in [0.5, 0.6) is 5.75 Å². The first kappa shape index (κ1) is 10.2. The van der Waals surface area contributed by atoms with Gasteiger partial charge in [-0.15, -0.1) is 0 Å². The summed E-state index contributed by atoms with van der Waals surface area (Å²) in [5.74, 6) is 1.02. The van der Waals surface area contributed by atoms with E-state index in [0.29, 0.717) is 6.73 Å². The average Bonchev–Trinajstić information content (AvgIpc) is 2.21. The van der Waals surface area contributed by atoms with Gasteiger partial charge in [0.15, 0.2) is 0 Å². The first-order valence-electron chi connectivity index (χ1n) is 3.97. The van der Waals surface area contributed by atoms with E-state index in [2.05, 4.69) is 33.5 Å². The quantitative estimate of drug-likeness (QED) is 0.646. The summed E-state index contributed by atoms with van der Waals surface area (Å²) < 4.78 is 13.3. The molecule has 0 fully saturated rings. The van der Waals surface area contributed by atoms with Crippen molar-refractivity contribution in [2.45, 2.75) is 13.5 Å². The summed E-state index contributed by atoms with van der Waals surface area (Å²) in [6.45, 7) is 3.65. The normalized spacial score (nSPS) is 13.3. The van der Waals surface area contributed by atoms with Gasteiger partial charge in [-0.05, 0) is 13.0 Å². The van der Waals surface area contributed by atoms with E-state index in [1.807, 2.05) is 6.07 Å². The molecule has 1 radical (unpaired) electrons. The Labute approximate surface area is 79.7 Å². The van der Waals surface area contributed by atoms with Gasteiger partial charge in [0.05, 0.1) is 0 Å². The van der Waals surface area contributed by atoms with Crippen LogP contribution in [-0.4, -0.2) is 6.73 Å². The highest BCUT2D eigenvalue weighted by Gasteiger charge is 2.07. The molecule has 0 aliphatic carbocycles. The summed E-state index contributed by atoms with van der Waals surface area (Å²) in [7, 11) is 2.28. The highest BCUT2D eigenvalue weighted by molar-refractivity contribution is 7.00. The third kappa shape index (κ3) is 2.51. The van der Waals surface area contributed by atoms with Gasteiger partial charge in [-0.3, -0.25) is 9.88 Å². The van der Waals surface area contributed by atoms with E-state index in [1.54, 1.807) is 0 Å². The van der Waals surface area contributed by atoms with Gasteiger partial charge in [-0.25, -0.2) is 0 Å². The van der Waals surface area contributed by atoms with Crippen LogP contribution < -0.4 is 10.1 Å². The van der Waals surface area contributed by atoms with Crippen molar-refractivity contribution in [3.05, 3.63) is 29.3 Å². The van der Waals surface area contributed by atoms with Crippen LogP contribution in [-0.2, 0) is 11.1 Å². The van der Waals surface area contributed by atoms with Gasteiger partial charge in [-0.2, -0.15) is 0 Å². The largest absolute Gasteiger partial charge is 0.478 e. The maximum absolute atomic E-state index is 7.94. The smallest absolute Gasteiger partial charge is 0.261 e. The molecule has 0 saturated heterocycles. The number of hydrogen-bond donors (Lipinski definition) is 1. The molecule has 1 N–H and O–H groups in total. The molecule has 0 unspecified atom stereocenters. The molecular formula is C9H11NO2P. The Morgan fingerprint density at radius 2 is 2.23 bits per heavy atom. The Morgan fingerprint density at radius 3 is 3.00 bits per heavy atom. The molecule has 0 bridgehead atoms. The lowest BCUT2D eigenvalue weighted by molar-refractivity contribution is 0.257. The molecule has 1 aromatic rings. The molecular weight excluding hydrogens is 185 g/mol.